The van der Waals surface area contributed by atoms with Crippen LogP contribution >= 0.6 is 12.2 Å². The molecule has 188 valence electrons. The lowest BCUT2D eigenvalue weighted by Crippen LogP contribution is -2.51. The van der Waals surface area contributed by atoms with E-state index in [1.54, 1.807) is 12.1 Å². The van der Waals surface area contributed by atoms with Crippen LogP contribution in [0.1, 0.15) is 16.8 Å². The number of benzene rings is 3. The van der Waals surface area contributed by atoms with E-state index in [2.05, 4.69) is 21.2 Å². The minimum absolute atomic E-state index is 0.0365. The van der Waals surface area contributed by atoms with E-state index >= 15 is 0 Å². The first-order valence-electron chi connectivity index (χ1n) is 12.5. The Bertz CT molecular complexity index is 1220. The van der Waals surface area contributed by atoms with Gasteiger partial charge in [-0.25, -0.2) is 4.39 Å². The summed E-state index contributed by atoms with van der Waals surface area (Å²) in [6.45, 7) is 6.03. The summed E-state index contributed by atoms with van der Waals surface area (Å²) in [4.78, 5) is 19.7. The average Bonchev–Trinajstić information content (AvgIpc) is 3.15. The molecule has 2 heterocycles. The number of carbonyl (C=O) groups is 1. The molecule has 0 bridgehead atoms. The molecule has 0 aromatic heterocycles. The van der Waals surface area contributed by atoms with Crippen molar-refractivity contribution >= 4 is 39.7 Å². The zero-order chi connectivity index (χ0) is 24.9. The molecule has 0 aliphatic carbocycles. The van der Waals surface area contributed by atoms with Gasteiger partial charge in [-0.05, 0) is 72.4 Å². The minimum Gasteiger partial charge on any atom is -0.373 e. The molecule has 1 N–H and O–H groups in total. The quantitative estimate of drug-likeness (QED) is 0.535. The predicted molar refractivity (Wildman–Crippen MR) is 145 cm³/mol. The molecular weight excluding hydrogens is 475 g/mol. The minimum atomic E-state index is -0.270. The van der Waals surface area contributed by atoms with Crippen molar-refractivity contribution < 1.29 is 13.9 Å². The number of ether oxygens (including phenoxy) is 1. The van der Waals surface area contributed by atoms with Gasteiger partial charge >= 0.3 is 0 Å². The third-order valence-electron chi connectivity index (χ3n) is 6.86. The maximum atomic E-state index is 13.2. The van der Waals surface area contributed by atoms with E-state index in [-0.39, 0.29) is 17.8 Å². The number of amides is 1. The van der Waals surface area contributed by atoms with Gasteiger partial charge in [0.25, 0.3) is 5.91 Å². The lowest BCUT2D eigenvalue weighted by atomic mass is 10.1. The third kappa shape index (κ3) is 6.00. The molecule has 2 saturated heterocycles. The van der Waals surface area contributed by atoms with Crippen LogP contribution in [-0.2, 0) is 4.74 Å². The number of hydrogen-bond acceptors (Lipinski definition) is 4. The molecule has 1 amide bonds. The van der Waals surface area contributed by atoms with Crippen molar-refractivity contribution in [3.63, 3.8) is 0 Å². The summed E-state index contributed by atoms with van der Waals surface area (Å²) in [6.07, 6.45) is 0.967. The monoisotopic (exact) mass is 506 g/mol. The van der Waals surface area contributed by atoms with Gasteiger partial charge in [-0.1, -0.05) is 30.3 Å². The summed E-state index contributed by atoms with van der Waals surface area (Å²) in [7, 11) is 0. The lowest BCUT2D eigenvalue weighted by molar-refractivity contribution is -0.0224. The van der Waals surface area contributed by atoms with Gasteiger partial charge in [0, 0.05) is 50.5 Å². The van der Waals surface area contributed by atoms with Gasteiger partial charge in [-0.3, -0.25) is 9.69 Å². The highest BCUT2D eigenvalue weighted by Gasteiger charge is 2.26. The number of rotatable bonds is 4. The van der Waals surface area contributed by atoms with Gasteiger partial charge in [-0.2, -0.15) is 0 Å². The van der Waals surface area contributed by atoms with Crippen molar-refractivity contribution in [1.82, 2.24) is 14.7 Å². The van der Waals surface area contributed by atoms with Gasteiger partial charge in [0.05, 0.1) is 12.7 Å². The molecule has 1 atom stereocenters. The first kappa shape index (κ1) is 24.6. The fourth-order valence-corrected chi connectivity index (χ4v) is 5.18. The van der Waals surface area contributed by atoms with Crippen molar-refractivity contribution in [2.45, 2.75) is 12.5 Å². The van der Waals surface area contributed by atoms with Crippen molar-refractivity contribution in [3.05, 3.63) is 78.1 Å². The number of halogens is 1. The molecule has 2 aliphatic rings. The number of anilines is 1. The van der Waals surface area contributed by atoms with Crippen LogP contribution in [0.15, 0.2) is 66.7 Å². The molecule has 0 spiro atoms. The van der Waals surface area contributed by atoms with Gasteiger partial charge in [0.1, 0.15) is 5.82 Å². The lowest BCUT2D eigenvalue weighted by Gasteiger charge is -2.36. The molecule has 6 nitrogen and oxygen atoms in total. The average molecular weight is 507 g/mol. The van der Waals surface area contributed by atoms with Crippen LogP contribution in [0.3, 0.4) is 0 Å². The predicted octanol–water partition coefficient (Wildman–Crippen LogP) is 4.22. The smallest absolute Gasteiger partial charge is 0.253 e. The first-order valence-corrected chi connectivity index (χ1v) is 12.9. The number of carbonyl (C=O) groups excluding carboxylic acids is 1. The van der Waals surface area contributed by atoms with E-state index in [0.717, 1.165) is 61.2 Å². The Morgan fingerprint density at radius 1 is 0.944 bits per heavy atom. The molecule has 3 aromatic carbocycles. The number of hydrogen-bond donors (Lipinski definition) is 1. The Labute approximate surface area is 216 Å². The van der Waals surface area contributed by atoms with Gasteiger partial charge in [0.15, 0.2) is 5.11 Å². The summed E-state index contributed by atoms with van der Waals surface area (Å²) < 4.78 is 19.2. The van der Waals surface area contributed by atoms with Crippen LogP contribution in [0.4, 0.5) is 10.1 Å². The molecule has 5 rings (SSSR count). The van der Waals surface area contributed by atoms with E-state index in [1.165, 1.54) is 12.1 Å². The van der Waals surface area contributed by atoms with Crippen LogP contribution in [0, 0.1) is 5.82 Å². The Morgan fingerprint density at radius 2 is 1.75 bits per heavy atom. The van der Waals surface area contributed by atoms with E-state index in [9.17, 15) is 9.18 Å². The normalized spacial score (nSPS) is 19.2. The molecule has 0 saturated carbocycles. The maximum Gasteiger partial charge on any atom is 0.253 e. The molecule has 0 radical (unpaired) electrons. The highest BCUT2D eigenvalue weighted by atomic mass is 32.1. The molecule has 36 heavy (non-hydrogen) atoms. The topological polar surface area (TPSA) is 48.1 Å². The first-order chi connectivity index (χ1) is 17.5. The number of fused-ring (bicyclic) bond motifs is 1. The van der Waals surface area contributed by atoms with E-state index in [4.69, 9.17) is 17.0 Å². The summed E-state index contributed by atoms with van der Waals surface area (Å²) in [5, 5.41) is 6.05. The van der Waals surface area contributed by atoms with Crippen LogP contribution in [-0.4, -0.2) is 84.2 Å². The summed E-state index contributed by atoms with van der Waals surface area (Å²) in [5.74, 6) is -0.173. The van der Waals surface area contributed by atoms with E-state index in [1.807, 2.05) is 41.3 Å². The Morgan fingerprint density at radius 3 is 2.58 bits per heavy atom. The second-order valence-corrected chi connectivity index (χ2v) is 9.77. The van der Waals surface area contributed by atoms with Crippen LogP contribution < -0.4 is 5.32 Å². The van der Waals surface area contributed by atoms with E-state index < -0.39 is 0 Å². The van der Waals surface area contributed by atoms with Gasteiger partial charge < -0.3 is 19.9 Å². The fourth-order valence-electron chi connectivity index (χ4n) is 4.90. The number of thiocarbonyl (C=S) groups is 1. The van der Waals surface area contributed by atoms with E-state index in [0.29, 0.717) is 24.8 Å². The Hall–Kier alpha value is -3.07. The second kappa shape index (κ2) is 11.3. The molecule has 8 heteroatoms. The highest BCUT2D eigenvalue weighted by molar-refractivity contribution is 7.80. The Balaban J connectivity index is 1.13. The van der Waals surface area contributed by atoms with Gasteiger partial charge in [0.2, 0.25) is 0 Å². The molecular formula is C28H31FN4O2S. The molecule has 3 aromatic rings. The summed E-state index contributed by atoms with van der Waals surface area (Å²) >= 11 is 5.60. The standard InChI is InChI=1S/C28H31FN4O2S/c29-24-8-10-25(11-9-24)30-28(36)33-16-17-35-26(20-33)19-31-12-3-13-32(15-14-31)27(34)23-7-6-21-4-1-2-5-22(21)18-23/h1-2,4-11,18,26H,3,12-17,19-20H2,(H,30,36). The largest absolute Gasteiger partial charge is 0.373 e. The summed E-state index contributed by atoms with van der Waals surface area (Å²) in [5.41, 5.74) is 1.52. The SMILES string of the molecule is O=C(c1ccc2ccccc2c1)N1CCCN(CC2CN(C(=S)Nc3ccc(F)cc3)CCO2)CC1. The zero-order valence-electron chi connectivity index (χ0n) is 20.2. The highest BCUT2D eigenvalue weighted by Crippen LogP contribution is 2.18. The molecule has 2 fully saturated rings. The van der Waals surface area contributed by atoms with Crippen molar-refractivity contribution in [2.75, 3.05) is 57.7 Å². The number of morpholine rings is 1. The van der Waals surface area contributed by atoms with Crippen LogP contribution in [0.25, 0.3) is 10.8 Å². The number of nitrogens with one attached hydrogen (secondary N) is 1. The Kier molecular flexibility index (Phi) is 7.75. The number of nitrogens with zero attached hydrogens (tertiary/aromatic N) is 3. The zero-order valence-corrected chi connectivity index (χ0v) is 21.1. The summed E-state index contributed by atoms with van der Waals surface area (Å²) in [6, 6.07) is 20.3. The van der Waals surface area contributed by atoms with Crippen molar-refractivity contribution in [1.29, 1.82) is 0 Å². The van der Waals surface area contributed by atoms with Crippen LogP contribution in [0.2, 0.25) is 0 Å². The maximum absolute atomic E-state index is 13.2. The molecule has 2 aliphatic heterocycles. The van der Waals surface area contributed by atoms with Crippen LogP contribution in [0.5, 0.6) is 0 Å². The van der Waals surface area contributed by atoms with Crippen molar-refractivity contribution in [3.8, 4) is 0 Å². The molecule has 1 unspecified atom stereocenters. The third-order valence-corrected chi connectivity index (χ3v) is 7.22. The van der Waals surface area contributed by atoms with Crippen molar-refractivity contribution in [2.24, 2.45) is 0 Å². The van der Waals surface area contributed by atoms with Gasteiger partial charge in [-0.15, -0.1) is 0 Å². The fraction of sp³-hybridized carbons (Fsp3) is 0.357. The second-order valence-electron chi connectivity index (χ2n) is 9.38.